The van der Waals surface area contributed by atoms with Crippen molar-refractivity contribution in [2.45, 2.75) is 120 Å². The van der Waals surface area contributed by atoms with Gasteiger partial charge in [-0.05, 0) is 88.7 Å². The van der Waals surface area contributed by atoms with E-state index >= 15 is 0 Å². The predicted molar refractivity (Wildman–Crippen MR) is 128 cm³/mol. The van der Waals surface area contributed by atoms with Crippen LogP contribution in [-0.2, 0) is 4.79 Å². The second-order valence-electron chi connectivity index (χ2n) is 13.0. The standard InChI is InChI=1S/C27H44O8/c1-22(32,15-28)9-8-20(30)25(4,33)19-7-12-26(34)18-13-21(31)27(35)14-16(29)5-10-23(27,2)17(18)6-11-24(19,26)3/h13,16-17,19-20,28-30,32-35H,5-12,14-15H2,1-4H3/t16-,17-,19-,20+,22?,23+,24+,25+,26+,27+/m0/s1. The molecule has 0 amide bonds. The van der Waals surface area contributed by atoms with E-state index in [0.29, 0.717) is 44.1 Å². The third kappa shape index (κ3) is 3.70. The highest BCUT2D eigenvalue weighted by atomic mass is 16.3. The summed E-state index contributed by atoms with van der Waals surface area (Å²) in [6.07, 6.45) is 2.63. The molecule has 3 saturated carbocycles. The van der Waals surface area contributed by atoms with Crippen molar-refractivity contribution in [2.75, 3.05) is 6.61 Å². The van der Waals surface area contributed by atoms with Gasteiger partial charge in [0, 0.05) is 17.3 Å². The summed E-state index contributed by atoms with van der Waals surface area (Å²) in [7, 11) is 0. The van der Waals surface area contributed by atoms with E-state index in [9.17, 15) is 40.5 Å². The van der Waals surface area contributed by atoms with Crippen LogP contribution in [0.3, 0.4) is 0 Å². The Morgan fingerprint density at radius 2 is 1.66 bits per heavy atom. The van der Waals surface area contributed by atoms with Crippen LogP contribution >= 0.6 is 0 Å². The lowest BCUT2D eigenvalue weighted by atomic mass is 9.44. The molecule has 1 unspecified atom stereocenters. The van der Waals surface area contributed by atoms with Crippen LogP contribution in [0.4, 0.5) is 0 Å². The summed E-state index contributed by atoms with van der Waals surface area (Å²) in [6.45, 7) is 6.42. The molecule has 8 nitrogen and oxygen atoms in total. The van der Waals surface area contributed by atoms with Gasteiger partial charge >= 0.3 is 0 Å². The SMILES string of the molecule is CC(O)(CO)CC[C@@H](O)[C@](C)(O)[C@H]1CC[C@@]2(O)C3=CC(=O)[C@]4(O)C[C@@H](O)CC[C@]4(C)[C@H]3CC[C@]12C. The van der Waals surface area contributed by atoms with Crippen LogP contribution in [0.5, 0.6) is 0 Å². The van der Waals surface area contributed by atoms with Crippen LogP contribution in [0, 0.1) is 22.7 Å². The second kappa shape index (κ2) is 8.32. The highest BCUT2D eigenvalue weighted by Crippen LogP contribution is 2.69. The fraction of sp³-hybridized carbons (Fsp3) is 0.889. The van der Waals surface area contributed by atoms with Crippen LogP contribution < -0.4 is 0 Å². The van der Waals surface area contributed by atoms with Crippen LogP contribution in [0.1, 0.15) is 85.5 Å². The van der Waals surface area contributed by atoms with Gasteiger partial charge in [0.2, 0.25) is 0 Å². The van der Waals surface area contributed by atoms with Gasteiger partial charge in [0.1, 0.15) is 5.60 Å². The third-order valence-corrected chi connectivity index (χ3v) is 10.9. The number of hydrogen-bond acceptors (Lipinski definition) is 8. The predicted octanol–water partition coefficient (Wildman–Crippen LogP) is 0.970. The van der Waals surface area contributed by atoms with Gasteiger partial charge < -0.3 is 35.7 Å². The lowest BCUT2D eigenvalue weighted by Crippen LogP contribution is -2.67. The molecule has 3 fully saturated rings. The number of ketones is 1. The summed E-state index contributed by atoms with van der Waals surface area (Å²) in [5, 5.41) is 75.9. The fourth-order valence-corrected chi connectivity index (χ4v) is 8.31. The van der Waals surface area contributed by atoms with Gasteiger partial charge in [-0.15, -0.1) is 0 Å². The number of aliphatic hydroxyl groups is 7. The van der Waals surface area contributed by atoms with E-state index in [1.54, 1.807) is 6.92 Å². The first-order valence-electron chi connectivity index (χ1n) is 13.1. The quantitative estimate of drug-likeness (QED) is 0.287. The van der Waals surface area contributed by atoms with Crippen LogP contribution in [0.15, 0.2) is 11.6 Å². The normalized spacial score (nSPS) is 47.6. The van der Waals surface area contributed by atoms with Crippen molar-refractivity contribution >= 4 is 5.78 Å². The van der Waals surface area contributed by atoms with Crippen molar-refractivity contribution in [3.8, 4) is 0 Å². The minimum Gasteiger partial charge on any atom is -0.393 e. The number of rotatable bonds is 6. The molecule has 0 saturated heterocycles. The van der Waals surface area contributed by atoms with Crippen molar-refractivity contribution in [1.82, 2.24) is 0 Å². The zero-order valence-electron chi connectivity index (χ0n) is 21.5. The topological polar surface area (TPSA) is 159 Å². The zero-order chi connectivity index (χ0) is 26.2. The zero-order valence-corrected chi connectivity index (χ0v) is 21.5. The first kappa shape index (κ1) is 27.2. The molecule has 7 N–H and O–H groups in total. The molecule has 4 rings (SSSR count). The molecule has 4 aliphatic carbocycles. The highest BCUT2D eigenvalue weighted by molar-refractivity contribution is 6.00. The summed E-state index contributed by atoms with van der Waals surface area (Å²) in [5.74, 6) is -1.15. The minimum absolute atomic E-state index is 0.000541. The first-order chi connectivity index (χ1) is 16.0. The van der Waals surface area contributed by atoms with Crippen molar-refractivity contribution < 1.29 is 40.5 Å². The Kier molecular flexibility index (Phi) is 6.46. The number of carbonyl (C=O) groups is 1. The molecule has 8 heteroatoms. The van der Waals surface area contributed by atoms with Gasteiger partial charge in [-0.3, -0.25) is 4.79 Å². The molecule has 35 heavy (non-hydrogen) atoms. The largest absolute Gasteiger partial charge is 0.393 e. The Labute approximate surface area is 207 Å². The Hall–Kier alpha value is -0.870. The van der Waals surface area contributed by atoms with Gasteiger partial charge in [-0.25, -0.2) is 0 Å². The van der Waals surface area contributed by atoms with E-state index in [-0.39, 0.29) is 25.2 Å². The Bertz CT molecular complexity index is 898. The number of carbonyl (C=O) groups excluding carboxylic acids is 1. The molecule has 0 aromatic carbocycles. The molecule has 4 aliphatic rings. The average Bonchev–Trinajstić information content (AvgIpc) is 3.06. The summed E-state index contributed by atoms with van der Waals surface area (Å²) < 4.78 is 0. The fourth-order valence-electron chi connectivity index (χ4n) is 8.31. The van der Waals surface area contributed by atoms with Crippen LogP contribution in [-0.4, -0.2) is 82.7 Å². The van der Waals surface area contributed by atoms with Gasteiger partial charge in [-0.2, -0.15) is 0 Å². The molecule has 0 heterocycles. The van der Waals surface area contributed by atoms with Gasteiger partial charge in [0.15, 0.2) is 5.78 Å². The molecule has 200 valence electrons. The Morgan fingerprint density at radius 1 is 1.03 bits per heavy atom. The molecule has 0 aromatic rings. The van der Waals surface area contributed by atoms with Crippen LogP contribution in [0.2, 0.25) is 0 Å². The summed E-state index contributed by atoms with van der Waals surface area (Å²) in [5.41, 5.74) is -6.92. The minimum atomic E-state index is -1.66. The monoisotopic (exact) mass is 496 g/mol. The highest BCUT2D eigenvalue weighted by Gasteiger charge is 2.71. The second-order valence-corrected chi connectivity index (χ2v) is 13.0. The van der Waals surface area contributed by atoms with E-state index in [1.165, 1.54) is 13.0 Å². The van der Waals surface area contributed by atoms with E-state index in [0.717, 1.165) is 0 Å². The maximum atomic E-state index is 13.3. The van der Waals surface area contributed by atoms with E-state index < -0.39 is 63.8 Å². The lowest BCUT2D eigenvalue weighted by Gasteiger charge is -2.62. The Morgan fingerprint density at radius 3 is 2.29 bits per heavy atom. The maximum absolute atomic E-state index is 13.3. The molecule has 0 aliphatic heterocycles. The van der Waals surface area contributed by atoms with Gasteiger partial charge in [0.05, 0.1) is 35.6 Å². The smallest absolute Gasteiger partial charge is 0.187 e. The van der Waals surface area contributed by atoms with Crippen molar-refractivity contribution in [3.63, 3.8) is 0 Å². The van der Waals surface area contributed by atoms with E-state index in [4.69, 9.17) is 0 Å². The lowest BCUT2D eigenvalue weighted by molar-refractivity contribution is -0.197. The molecule has 0 aromatic heterocycles. The van der Waals surface area contributed by atoms with E-state index in [1.807, 2.05) is 13.8 Å². The van der Waals surface area contributed by atoms with E-state index in [2.05, 4.69) is 0 Å². The molecular weight excluding hydrogens is 452 g/mol. The maximum Gasteiger partial charge on any atom is 0.187 e. The third-order valence-electron chi connectivity index (χ3n) is 10.9. The van der Waals surface area contributed by atoms with Crippen molar-refractivity contribution in [2.24, 2.45) is 22.7 Å². The van der Waals surface area contributed by atoms with Crippen molar-refractivity contribution in [1.29, 1.82) is 0 Å². The van der Waals surface area contributed by atoms with Crippen LogP contribution in [0.25, 0.3) is 0 Å². The first-order valence-corrected chi connectivity index (χ1v) is 13.1. The summed E-state index contributed by atoms with van der Waals surface area (Å²) in [6, 6.07) is 0. The molecule has 0 radical (unpaired) electrons. The average molecular weight is 497 g/mol. The van der Waals surface area contributed by atoms with Crippen molar-refractivity contribution in [3.05, 3.63) is 11.6 Å². The number of fused-ring (bicyclic) bond motifs is 5. The van der Waals surface area contributed by atoms with Gasteiger partial charge in [-0.1, -0.05) is 13.8 Å². The molecule has 0 bridgehead atoms. The molecule has 10 atom stereocenters. The summed E-state index contributed by atoms with van der Waals surface area (Å²) in [4.78, 5) is 13.3. The number of hydrogen-bond donors (Lipinski definition) is 7. The number of aliphatic hydroxyl groups excluding tert-OH is 3. The van der Waals surface area contributed by atoms with Gasteiger partial charge in [0.25, 0.3) is 0 Å². The molecule has 0 spiro atoms. The molecular formula is C27H44O8. The Balaban J connectivity index is 1.66. The summed E-state index contributed by atoms with van der Waals surface area (Å²) >= 11 is 0.